The first-order valence-corrected chi connectivity index (χ1v) is 4.47. The van der Waals surface area contributed by atoms with Crippen molar-refractivity contribution < 1.29 is 4.79 Å². The Bertz CT molecular complexity index is 415. The Labute approximate surface area is 73.4 Å². The molecule has 4 heteroatoms. The zero-order chi connectivity index (χ0) is 8.55. The van der Waals surface area contributed by atoms with Gasteiger partial charge in [-0.25, -0.2) is 0 Å². The lowest BCUT2D eigenvalue weighted by Gasteiger charge is -1.95. The molecule has 0 saturated heterocycles. The highest BCUT2D eigenvalue weighted by Gasteiger charge is 2.04. The lowest BCUT2D eigenvalue weighted by Crippen LogP contribution is -2.04. The number of anilines is 1. The van der Waals surface area contributed by atoms with Gasteiger partial charge in [0.15, 0.2) is 0 Å². The van der Waals surface area contributed by atoms with Gasteiger partial charge in [-0.1, -0.05) is 0 Å². The number of hydrogen-bond acceptors (Lipinski definition) is 2. The maximum atomic E-state index is 10.8. The standard InChI is InChI=1S/C8H8N2OS/c1-5(11)10-7-4-9-8-6(7)2-3-12-8/h2-4,9H,1H3,(H,10,11). The van der Waals surface area contributed by atoms with Crippen LogP contribution in [-0.2, 0) is 4.79 Å². The number of fused-ring (bicyclic) bond motifs is 1. The highest BCUT2D eigenvalue weighted by atomic mass is 32.1. The van der Waals surface area contributed by atoms with Crippen LogP contribution < -0.4 is 5.32 Å². The van der Waals surface area contributed by atoms with Gasteiger partial charge in [0.05, 0.1) is 5.69 Å². The van der Waals surface area contributed by atoms with Crippen LogP contribution in [0.4, 0.5) is 5.69 Å². The summed E-state index contributed by atoms with van der Waals surface area (Å²) >= 11 is 1.63. The fraction of sp³-hybridized carbons (Fsp3) is 0.125. The number of carbonyl (C=O) groups excluding carboxylic acids is 1. The number of hydrogen-bond donors (Lipinski definition) is 2. The minimum absolute atomic E-state index is 0.0397. The number of thiophene rings is 1. The van der Waals surface area contributed by atoms with E-state index in [1.165, 1.54) is 6.92 Å². The van der Waals surface area contributed by atoms with Gasteiger partial charge in [0.2, 0.25) is 5.91 Å². The Morgan fingerprint density at radius 2 is 2.50 bits per heavy atom. The van der Waals surface area contributed by atoms with Crippen LogP contribution in [0, 0.1) is 0 Å². The lowest BCUT2D eigenvalue weighted by atomic mass is 10.3. The van der Waals surface area contributed by atoms with Crippen molar-refractivity contribution in [3.63, 3.8) is 0 Å². The first-order valence-electron chi connectivity index (χ1n) is 3.59. The van der Waals surface area contributed by atoms with Gasteiger partial charge in [0.1, 0.15) is 4.83 Å². The van der Waals surface area contributed by atoms with Gasteiger partial charge in [-0.05, 0) is 11.4 Å². The molecule has 0 aliphatic rings. The summed E-state index contributed by atoms with van der Waals surface area (Å²) in [6, 6.07) is 1.99. The summed E-state index contributed by atoms with van der Waals surface area (Å²) in [5.74, 6) is -0.0397. The van der Waals surface area contributed by atoms with Gasteiger partial charge >= 0.3 is 0 Å². The molecule has 0 atom stereocenters. The number of rotatable bonds is 1. The second kappa shape index (κ2) is 2.64. The molecular weight excluding hydrogens is 172 g/mol. The predicted octanol–water partition coefficient (Wildman–Crippen LogP) is 2.19. The van der Waals surface area contributed by atoms with E-state index in [-0.39, 0.29) is 5.91 Å². The maximum Gasteiger partial charge on any atom is 0.221 e. The third-order valence-electron chi connectivity index (χ3n) is 1.61. The Balaban J connectivity index is 2.47. The average molecular weight is 180 g/mol. The summed E-state index contributed by atoms with van der Waals surface area (Å²) in [6.45, 7) is 1.51. The molecule has 2 aromatic rings. The van der Waals surface area contributed by atoms with E-state index in [4.69, 9.17) is 0 Å². The Morgan fingerprint density at radius 3 is 3.25 bits per heavy atom. The van der Waals surface area contributed by atoms with Crippen molar-refractivity contribution in [2.24, 2.45) is 0 Å². The summed E-state index contributed by atoms with van der Waals surface area (Å²) in [4.78, 5) is 14.9. The third-order valence-corrected chi connectivity index (χ3v) is 2.46. The fourth-order valence-corrected chi connectivity index (χ4v) is 1.91. The van der Waals surface area contributed by atoms with Gasteiger partial charge in [0.25, 0.3) is 0 Å². The molecule has 2 aromatic heterocycles. The van der Waals surface area contributed by atoms with Crippen molar-refractivity contribution in [2.75, 3.05) is 5.32 Å². The maximum absolute atomic E-state index is 10.8. The Kier molecular flexibility index (Phi) is 1.62. The number of aromatic nitrogens is 1. The molecule has 0 aliphatic heterocycles. The normalized spacial score (nSPS) is 10.4. The lowest BCUT2D eigenvalue weighted by molar-refractivity contribution is -0.114. The number of aromatic amines is 1. The van der Waals surface area contributed by atoms with E-state index in [2.05, 4.69) is 10.3 Å². The zero-order valence-corrected chi connectivity index (χ0v) is 7.37. The molecule has 2 N–H and O–H groups in total. The van der Waals surface area contributed by atoms with Crippen LogP contribution in [0.3, 0.4) is 0 Å². The molecule has 0 bridgehead atoms. The van der Waals surface area contributed by atoms with E-state index in [0.717, 1.165) is 15.9 Å². The molecular formula is C8H8N2OS. The van der Waals surface area contributed by atoms with Crippen molar-refractivity contribution in [3.8, 4) is 0 Å². The molecule has 0 fully saturated rings. The summed E-state index contributed by atoms with van der Waals surface area (Å²) < 4.78 is 0. The fourth-order valence-electron chi connectivity index (χ4n) is 1.14. The minimum atomic E-state index is -0.0397. The second-order valence-corrected chi connectivity index (χ2v) is 3.46. The smallest absolute Gasteiger partial charge is 0.221 e. The summed E-state index contributed by atoms with van der Waals surface area (Å²) in [7, 11) is 0. The molecule has 0 spiro atoms. The molecule has 2 heterocycles. The molecule has 0 unspecified atom stereocenters. The molecule has 0 saturated carbocycles. The SMILES string of the molecule is CC(=O)Nc1c[nH]c2sccc12. The summed E-state index contributed by atoms with van der Waals surface area (Å²) in [5, 5.41) is 5.82. The first-order chi connectivity index (χ1) is 5.77. The average Bonchev–Trinajstić information content (AvgIpc) is 2.52. The predicted molar refractivity (Wildman–Crippen MR) is 50.5 cm³/mol. The topological polar surface area (TPSA) is 44.9 Å². The van der Waals surface area contributed by atoms with Crippen LogP contribution in [0.25, 0.3) is 10.2 Å². The van der Waals surface area contributed by atoms with Crippen molar-refractivity contribution in [3.05, 3.63) is 17.6 Å². The quantitative estimate of drug-likeness (QED) is 0.694. The second-order valence-electron chi connectivity index (χ2n) is 2.55. The Hall–Kier alpha value is -1.29. The van der Waals surface area contributed by atoms with Crippen molar-refractivity contribution in [1.29, 1.82) is 0 Å². The summed E-state index contributed by atoms with van der Waals surface area (Å²) in [6.07, 6.45) is 1.81. The molecule has 0 aliphatic carbocycles. The van der Waals surface area contributed by atoms with Gasteiger partial charge in [0, 0.05) is 18.5 Å². The van der Waals surface area contributed by atoms with Crippen LogP contribution in [0.5, 0.6) is 0 Å². The largest absolute Gasteiger partial charge is 0.351 e. The van der Waals surface area contributed by atoms with E-state index < -0.39 is 0 Å². The van der Waals surface area contributed by atoms with Gasteiger partial charge < -0.3 is 10.3 Å². The molecule has 2 rings (SSSR count). The van der Waals surface area contributed by atoms with Crippen LogP contribution in [-0.4, -0.2) is 10.9 Å². The zero-order valence-electron chi connectivity index (χ0n) is 6.55. The van der Waals surface area contributed by atoms with Crippen molar-refractivity contribution >= 4 is 33.1 Å². The molecule has 0 radical (unpaired) electrons. The monoisotopic (exact) mass is 180 g/mol. The van der Waals surface area contributed by atoms with Gasteiger partial charge in [-0.2, -0.15) is 0 Å². The van der Waals surface area contributed by atoms with Gasteiger partial charge in [-0.3, -0.25) is 4.79 Å². The third kappa shape index (κ3) is 1.10. The highest BCUT2D eigenvalue weighted by Crippen LogP contribution is 2.26. The number of H-pyrrole nitrogens is 1. The number of amides is 1. The van der Waals surface area contributed by atoms with E-state index in [9.17, 15) is 4.79 Å². The molecule has 0 aromatic carbocycles. The summed E-state index contributed by atoms with van der Waals surface area (Å²) in [5.41, 5.74) is 0.860. The highest BCUT2D eigenvalue weighted by molar-refractivity contribution is 7.16. The minimum Gasteiger partial charge on any atom is -0.351 e. The van der Waals surface area contributed by atoms with E-state index in [1.54, 1.807) is 11.3 Å². The van der Waals surface area contributed by atoms with E-state index >= 15 is 0 Å². The van der Waals surface area contributed by atoms with Crippen LogP contribution in [0.1, 0.15) is 6.92 Å². The molecule has 12 heavy (non-hydrogen) atoms. The Morgan fingerprint density at radius 1 is 1.67 bits per heavy atom. The van der Waals surface area contributed by atoms with Crippen LogP contribution >= 0.6 is 11.3 Å². The van der Waals surface area contributed by atoms with E-state index in [1.807, 2.05) is 17.6 Å². The first kappa shape index (κ1) is 7.36. The van der Waals surface area contributed by atoms with E-state index in [0.29, 0.717) is 0 Å². The van der Waals surface area contributed by atoms with Crippen molar-refractivity contribution in [2.45, 2.75) is 6.92 Å². The van der Waals surface area contributed by atoms with Crippen LogP contribution in [0.15, 0.2) is 17.6 Å². The molecule has 3 nitrogen and oxygen atoms in total. The van der Waals surface area contributed by atoms with Crippen molar-refractivity contribution in [1.82, 2.24) is 4.98 Å². The molecule has 1 amide bonds. The van der Waals surface area contributed by atoms with Gasteiger partial charge in [-0.15, -0.1) is 11.3 Å². The molecule has 62 valence electrons. The number of nitrogens with one attached hydrogen (secondary N) is 2. The number of carbonyl (C=O) groups is 1. The van der Waals surface area contributed by atoms with Crippen LogP contribution in [0.2, 0.25) is 0 Å².